The first-order chi connectivity index (χ1) is 9.98. The van der Waals surface area contributed by atoms with Crippen LogP contribution in [-0.2, 0) is 14.8 Å². The summed E-state index contributed by atoms with van der Waals surface area (Å²) < 4.78 is 31.2. The fourth-order valence-electron chi connectivity index (χ4n) is 1.94. The normalized spacial score (nSPS) is 13.1. The van der Waals surface area contributed by atoms with Gasteiger partial charge in [0.1, 0.15) is 0 Å². The topological polar surface area (TPSA) is 67.4 Å². The zero-order valence-electron chi connectivity index (χ0n) is 13.1. The monoisotopic (exact) mass is 314 g/mol. The van der Waals surface area contributed by atoms with E-state index in [0.29, 0.717) is 18.7 Å². The molecule has 1 atom stereocenters. The van der Waals surface area contributed by atoms with Crippen LogP contribution in [0, 0.1) is 0 Å². The maximum atomic E-state index is 11.9. The molecule has 0 spiro atoms. The molecule has 0 fully saturated rings. The van der Waals surface area contributed by atoms with Crippen molar-refractivity contribution in [2.45, 2.75) is 32.7 Å². The highest BCUT2D eigenvalue weighted by Gasteiger charge is 2.10. The molecule has 0 bridgehead atoms. The Hall–Kier alpha value is -1.11. The summed E-state index contributed by atoms with van der Waals surface area (Å²) in [6.45, 7) is 5.64. The average molecular weight is 314 g/mol. The van der Waals surface area contributed by atoms with E-state index in [4.69, 9.17) is 4.74 Å². The summed E-state index contributed by atoms with van der Waals surface area (Å²) in [6, 6.07) is 7.75. The average Bonchev–Trinajstić information content (AvgIpc) is 2.45. The lowest BCUT2D eigenvalue weighted by atomic mass is 10.1. The van der Waals surface area contributed by atoms with Crippen molar-refractivity contribution in [3.8, 4) is 0 Å². The lowest BCUT2D eigenvalue weighted by Gasteiger charge is -2.14. The van der Waals surface area contributed by atoms with Crippen molar-refractivity contribution >= 4 is 15.7 Å². The molecule has 2 N–H and O–H groups in total. The second-order valence-corrected chi connectivity index (χ2v) is 6.91. The van der Waals surface area contributed by atoms with Gasteiger partial charge in [0.15, 0.2) is 0 Å². The van der Waals surface area contributed by atoms with Crippen molar-refractivity contribution in [1.29, 1.82) is 0 Å². The molecule has 0 amide bonds. The molecule has 1 rings (SSSR count). The van der Waals surface area contributed by atoms with Crippen LogP contribution in [0.15, 0.2) is 24.3 Å². The van der Waals surface area contributed by atoms with Crippen molar-refractivity contribution < 1.29 is 13.2 Å². The predicted octanol–water partition coefficient (Wildman–Crippen LogP) is 2.53. The van der Waals surface area contributed by atoms with Crippen molar-refractivity contribution in [2.75, 3.05) is 30.7 Å². The number of ether oxygens (including phenoxy) is 1. The van der Waals surface area contributed by atoms with Gasteiger partial charge in [-0.3, -0.25) is 4.72 Å². The minimum absolute atomic E-state index is 0.0665. The third-order valence-corrected chi connectivity index (χ3v) is 4.52. The fourth-order valence-corrected chi connectivity index (χ4v) is 3.04. The van der Waals surface area contributed by atoms with Gasteiger partial charge in [0.25, 0.3) is 0 Å². The lowest BCUT2D eigenvalue weighted by molar-refractivity contribution is 0.199. The first kappa shape index (κ1) is 17.9. The summed E-state index contributed by atoms with van der Waals surface area (Å²) in [5.74, 6) is 0.0665. The highest BCUT2D eigenvalue weighted by atomic mass is 32.2. The second-order valence-electron chi connectivity index (χ2n) is 5.07. The molecule has 0 aliphatic heterocycles. The third-order valence-electron chi connectivity index (χ3n) is 3.15. The van der Waals surface area contributed by atoms with Crippen molar-refractivity contribution in [3.05, 3.63) is 29.8 Å². The highest BCUT2D eigenvalue weighted by molar-refractivity contribution is 7.92. The van der Waals surface area contributed by atoms with Crippen LogP contribution in [0.1, 0.15) is 38.3 Å². The summed E-state index contributed by atoms with van der Waals surface area (Å²) in [6.07, 6.45) is 1.57. The van der Waals surface area contributed by atoms with Gasteiger partial charge >= 0.3 is 0 Å². The van der Waals surface area contributed by atoms with Gasteiger partial charge in [-0.2, -0.15) is 0 Å². The van der Waals surface area contributed by atoms with Crippen LogP contribution >= 0.6 is 0 Å². The van der Waals surface area contributed by atoms with Crippen molar-refractivity contribution in [2.24, 2.45) is 0 Å². The van der Waals surface area contributed by atoms with Crippen LogP contribution in [0.2, 0.25) is 0 Å². The number of sulfonamides is 1. The fraction of sp³-hybridized carbons (Fsp3) is 0.600. The molecule has 1 unspecified atom stereocenters. The first-order valence-corrected chi connectivity index (χ1v) is 8.96. The van der Waals surface area contributed by atoms with Crippen LogP contribution in [0.4, 0.5) is 5.69 Å². The molecule has 0 saturated carbocycles. The van der Waals surface area contributed by atoms with E-state index in [-0.39, 0.29) is 11.8 Å². The molecule has 120 valence electrons. The summed E-state index contributed by atoms with van der Waals surface area (Å²) in [5, 5.41) is 3.40. The van der Waals surface area contributed by atoms with E-state index < -0.39 is 10.0 Å². The summed E-state index contributed by atoms with van der Waals surface area (Å²) >= 11 is 0. The zero-order valence-corrected chi connectivity index (χ0v) is 13.9. The van der Waals surface area contributed by atoms with E-state index in [1.165, 1.54) is 0 Å². The molecular weight excluding hydrogens is 288 g/mol. The molecule has 1 aromatic carbocycles. The van der Waals surface area contributed by atoms with Crippen molar-refractivity contribution in [3.63, 3.8) is 0 Å². The number of nitrogens with one attached hydrogen (secondary N) is 2. The molecular formula is C15H26N2O3S. The van der Waals surface area contributed by atoms with Gasteiger partial charge in [-0.05, 0) is 44.0 Å². The predicted molar refractivity (Wildman–Crippen MR) is 87.1 cm³/mol. The maximum absolute atomic E-state index is 11.9. The van der Waals surface area contributed by atoms with Gasteiger partial charge in [0.2, 0.25) is 10.0 Å². The number of hydrogen-bond acceptors (Lipinski definition) is 4. The molecule has 0 saturated heterocycles. The van der Waals surface area contributed by atoms with E-state index in [9.17, 15) is 8.42 Å². The van der Waals surface area contributed by atoms with Crippen LogP contribution in [0.5, 0.6) is 0 Å². The van der Waals surface area contributed by atoms with E-state index in [2.05, 4.69) is 23.9 Å². The quantitative estimate of drug-likeness (QED) is 0.651. The minimum atomic E-state index is -3.30. The molecule has 6 heteroatoms. The van der Waals surface area contributed by atoms with Crippen LogP contribution in [0.3, 0.4) is 0 Å². The molecule has 1 aromatic rings. The summed E-state index contributed by atoms with van der Waals surface area (Å²) in [5.41, 5.74) is 1.74. The highest BCUT2D eigenvalue weighted by Crippen LogP contribution is 2.17. The van der Waals surface area contributed by atoms with Gasteiger partial charge in [-0.25, -0.2) is 8.42 Å². The van der Waals surface area contributed by atoms with Crippen LogP contribution < -0.4 is 10.0 Å². The smallest absolute Gasteiger partial charge is 0.232 e. The molecule has 0 heterocycles. The lowest BCUT2D eigenvalue weighted by Crippen LogP contribution is -2.19. The standard InChI is InChI=1S/C15H26N2O3S/c1-4-10-16-13(2)14-6-8-15(9-7-14)17-21(18,19)12-5-11-20-3/h6-9,13,16-17H,4-5,10-12H2,1-3H3. The molecule has 0 radical (unpaired) electrons. The van der Waals surface area contributed by atoms with E-state index in [0.717, 1.165) is 18.5 Å². The van der Waals surface area contributed by atoms with Gasteiger partial charge in [0.05, 0.1) is 5.75 Å². The second kappa shape index (κ2) is 9.02. The van der Waals surface area contributed by atoms with Crippen molar-refractivity contribution in [1.82, 2.24) is 5.32 Å². The molecule has 21 heavy (non-hydrogen) atoms. The third kappa shape index (κ3) is 6.93. The molecule has 5 nitrogen and oxygen atoms in total. The Morgan fingerprint density at radius 2 is 1.90 bits per heavy atom. The Labute approximate surface area is 128 Å². The van der Waals surface area contributed by atoms with Crippen LogP contribution in [-0.4, -0.2) is 34.4 Å². The molecule has 0 aliphatic rings. The Kier molecular flexibility index (Phi) is 7.71. The Balaban J connectivity index is 2.57. The first-order valence-electron chi connectivity index (χ1n) is 7.31. The largest absolute Gasteiger partial charge is 0.385 e. The number of rotatable bonds is 10. The summed E-state index contributed by atoms with van der Waals surface area (Å²) in [4.78, 5) is 0. The number of anilines is 1. The van der Waals surface area contributed by atoms with E-state index >= 15 is 0 Å². The van der Waals surface area contributed by atoms with Gasteiger partial charge < -0.3 is 10.1 Å². The number of benzene rings is 1. The molecule has 0 aliphatic carbocycles. The molecule has 0 aromatic heterocycles. The van der Waals surface area contributed by atoms with Gasteiger partial charge in [-0.15, -0.1) is 0 Å². The van der Waals surface area contributed by atoms with E-state index in [1.54, 1.807) is 19.2 Å². The minimum Gasteiger partial charge on any atom is -0.385 e. The Bertz CT molecular complexity index is 500. The Morgan fingerprint density at radius 1 is 1.24 bits per heavy atom. The number of methoxy groups -OCH3 is 1. The SMILES string of the molecule is CCCNC(C)c1ccc(NS(=O)(=O)CCCOC)cc1. The Morgan fingerprint density at radius 3 is 2.48 bits per heavy atom. The maximum Gasteiger partial charge on any atom is 0.232 e. The van der Waals surface area contributed by atoms with E-state index in [1.807, 2.05) is 12.1 Å². The van der Waals surface area contributed by atoms with Gasteiger partial charge in [0, 0.05) is 25.4 Å². The van der Waals surface area contributed by atoms with Gasteiger partial charge in [-0.1, -0.05) is 19.1 Å². The zero-order chi connectivity index (χ0) is 15.7. The summed E-state index contributed by atoms with van der Waals surface area (Å²) in [7, 11) is -1.74. The number of hydrogen-bond donors (Lipinski definition) is 2. The van der Waals surface area contributed by atoms with Crippen LogP contribution in [0.25, 0.3) is 0 Å².